The van der Waals surface area contributed by atoms with E-state index in [0.717, 1.165) is 51.7 Å². The molecule has 1 aromatic rings. The van der Waals surface area contributed by atoms with Crippen LogP contribution < -0.4 is 26.4 Å². The van der Waals surface area contributed by atoms with E-state index in [1.165, 1.54) is 52.1 Å². The van der Waals surface area contributed by atoms with Crippen molar-refractivity contribution in [2.75, 3.05) is 19.6 Å². The summed E-state index contributed by atoms with van der Waals surface area (Å²) >= 11 is 0. The number of fused-ring (bicyclic) bond motifs is 1. The summed E-state index contributed by atoms with van der Waals surface area (Å²) in [5.41, 5.74) is 10.1. The van der Waals surface area contributed by atoms with Gasteiger partial charge in [0.2, 0.25) is 0 Å². The minimum Gasteiger partial charge on any atom is -0.387 e. The fourth-order valence-corrected chi connectivity index (χ4v) is 6.69. The topological polar surface area (TPSA) is 36.1 Å². The first-order chi connectivity index (χ1) is 21.2. The summed E-state index contributed by atoms with van der Waals surface area (Å²) < 4.78 is 0. The number of benzene rings is 1. The molecule has 5 rings (SSSR count). The molecule has 226 valence electrons. The van der Waals surface area contributed by atoms with Gasteiger partial charge in [0.1, 0.15) is 0 Å². The van der Waals surface area contributed by atoms with Crippen LogP contribution in [0.5, 0.6) is 0 Å². The Balaban J connectivity index is 1.41. The normalized spacial score (nSPS) is 21.0. The van der Waals surface area contributed by atoms with E-state index < -0.39 is 0 Å². The van der Waals surface area contributed by atoms with Crippen LogP contribution in [0.4, 0.5) is 0 Å². The van der Waals surface area contributed by atoms with Crippen LogP contribution in [-0.4, -0.2) is 25.7 Å². The molecule has 0 saturated carbocycles. The summed E-state index contributed by atoms with van der Waals surface area (Å²) in [6, 6.07) is 9.59. The molecule has 3 heteroatoms. The van der Waals surface area contributed by atoms with Crippen LogP contribution in [0.2, 0.25) is 0 Å². The molecule has 2 aliphatic heterocycles. The Morgan fingerprint density at radius 2 is 1.86 bits per heavy atom. The number of unbranched alkanes of at least 4 members (excludes halogenated alkanes) is 2. The number of nitrogens with one attached hydrogen (secondary N) is 3. The van der Waals surface area contributed by atoms with E-state index in [-0.39, 0.29) is 0 Å². The maximum atomic E-state index is 3.82. The molecule has 0 saturated heterocycles. The molecule has 0 aromatic heterocycles. The van der Waals surface area contributed by atoms with Crippen LogP contribution in [0.15, 0.2) is 119 Å². The third-order valence-corrected chi connectivity index (χ3v) is 9.29. The first-order valence-corrected chi connectivity index (χ1v) is 16.7. The smallest absolute Gasteiger partial charge is 0.0415 e. The third-order valence-electron chi connectivity index (χ3n) is 9.29. The molecule has 2 atom stereocenters. The van der Waals surface area contributed by atoms with Crippen LogP contribution in [0.3, 0.4) is 0 Å². The van der Waals surface area contributed by atoms with Crippen LogP contribution in [0, 0.1) is 5.92 Å². The zero-order chi connectivity index (χ0) is 29.9. The van der Waals surface area contributed by atoms with Crippen molar-refractivity contribution in [2.24, 2.45) is 5.92 Å². The maximum absolute atomic E-state index is 3.82. The highest BCUT2D eigenvalue weighted by Crippen LogP contribution is 2.30. The number of rotatable bonds is 13. The number of hydrogen-bond acceptors (Lipinski definition) is 3. The molecule has 43 heavy (non-hydrogen) atoms. The van der Waals surface area contributed by atoms with E-state index in [1.807, 2.05) is 6.20 Å². The quantitative estimate of drug-likeness (QED) is 0.219. The van der Waals surface area contributed by atoms with Gasteiger partial charge in [-0.3, -0.25) is 0 Å². The maximum Gasteiger partial charge on any atom is 0.0415 e. The SMILES string of the molecule is CCCC/C=C(\CC)C1=c2ccccc2=C(C(C)C/C=C(\CNC2C=CC=CC2)C2=CC=C(C3=CC=CNC3)NC2)CC1. The molecule has 2 heterocycles. The van der Waals surface area contributed by atoms with Crippen LogP contribution >= 0.6 is 0 Å². The van der Waals surface area contributed by atoms with Crippen molar-refractivity contribution >= 4 is 11.1 Å². The van der Waals surface area contributed by atoms with Crippen molar-refractivity contribution in [1.29, 1.82) is 0 Å². The minimum atomic E-state index is 0.394. The van der Waals surface area contributed by atoms with Crippen molar-refractivity contribution in [1.82, 2.24) is 16.0 Å². The Kier molecular flexibility index (Phi) is 11.3. The fraction of sp³-hybridized carbons (Fsp3) is 0.400. The van der Waals surface area contributed by atoms with Gasteiger partial charge in [0.25, 0.3) is 0 Å². The summed E-state index contributed by atoms with van der Waals surface area (Å²) in [5, 5.41) is 13.8. The lowest BCUT2D eigenvalue weighted by atomic mass is 9.82. The van der Waals surface area contributed by atoms with Gasteiger partial charge >= 0.3 is 0 Å². The van der Waals surface area contributed by atoms with E-state index in [2.05, 4.69) is 122 Å². The molecular weight excluding hydrogens is 522 g/mol. The van der Waals surface area contributed by atoms with Gasteiger partial charge < -0.3 is 16.0 Å². The molecule has 2 unspecified atom stereocenters. The standard InChI is InChI=1S/C40H51N3/c1-4-6-8-14-31(5-2)37-24-23-36(38-18-11-12-19-39(37)38)30(3)20-21-32(28-42-35-16-9-7-10-17-35)33-22-25-40(43-29-33)34-15-13-26-41-27-34/h7,9-16,18-19,21-22,25-26,30,35,41-43H,4-6,8,17,20,23-24,27-29H2,1-3H3/b31-14+,32-21+. The molecule has 0 spiro atoms. The first-order valence-electron chi connectivity index (χ1n) is 16.7. The van der Waals surface area contributed by atoms with Gasteiger partial charge in [0, 0.05) is 31.4 Å². The Morgan fingerprint density at radius 1 is 0.977 bits per heavy atom. The Bertz CT molecular complexity index is 1500. The third kappa shape index (κ3) is 8.09. The molecular formula is C40H51N3. The van der Waals surface area contributed by atoms with Crippen molar-refractivity contribution in [3.63, 3.8) is 0 Å². The molecule has 2 aliphatic carbocycles. The van der Waals surface area contributed by atoms with Gasteiger partial charge in [-0.15, -0.1) is 0 Å². The van der Waals surface area contributed by atoms with Crippen molar-refractivity contribution < 1.29 is 0 Å². The molecule has 1 aromatic carbocycles. The molecule has 0 bridgehead atoms. The van der Waals surface area contributed by atoms with Gasteiger partial charge in [-0.25, -0.2) is 0 Å². The summed E-state index contributed by atoms with van der Waals surface area (Å²) in [7, 11) is 0. The molecule has 0 amide bonds. The predicted molar refractivity (Wildman–Crippen MR) is 186 cm³/mol. The highest BCUT2D eigenvalue weighted by atomic mass is 14.9. The lowest BCUT2D eigenvalue weighted by Crippen LogP contribution is -2.34. The fourth-order valence-electron chi connectivity index (χ4n) is 6.69. The Morgan fingerprint density at radius 3 is 2.58 bits per heavy atom. The highest BCUT2D eigenvalue weighted by molar-refractivity contribution is 5.69. The zero-order valence-corrected chi connectivity index (χ0v) is 26.6. The summed E-state index contributed by atoms with van der Waals surface area (Å²) in [6.45, 7) is 9.65. The summed E-state index contributed by atoms with van der Waals surface area (Å²) in [6.07, 6.45) is 34.0. The van der Waals surface area contributed by atoms with Crippen LogP contribution in [0.25, 0.3) is 11.1 Å². The molecule has 3 N–H and O–H groups in total. The molecule has 0 fully saturated rings. The number of allylic oxidation sites excluding steroid dienone is 9. The van der Waals surface area contributed by atoms with E-state index in [0.29, 0.717) is 12.0 Å². The zero-order valence-electron chi connectivity index (χ0n) is 26.6. The Labute approximate surface area is 260 Å². The van der Waals surface area contributed by atoms with E-state index in [9.17, 15) is 0 Å². The average molecular weight is 574 g/mol. The van der Waals surface area contributed by atoms with Gasteiger partial charge in [0.15, 0.2) is 0 Å². The second-order valence-electron chi connectivity index (χ2n) is 12.2. The second-order valence-corrected chi connectivity index (χ2v) is 12.2. The lowest BCUT2D eigenvalue weighted by Gasteiger charge is -2.25. The molecule has 3 nitrogen and oxygen atoms in total. The van der Waals surface area contributed by atoms with Gasteiger partial charge in [0.05, 0.1) is 0 Å². The van der Waals surface area contributed by atoms with Crippen molar-refractivity contribution in [3.8, 4) is 0 Å². The average Bonchev–Trinajstić information content (AvgIpc) is 3.07. The minimum absolute atomic E-state index is 0.394. The van der Waals surface area contributed by atoms with Crippen LogP contribution in [0.1, 0.15) is 72.1 Å². The summed E-state index contributed by atoms with van der Waals surface area (Å²) in [5.74, 6) is 0.498. The number of hydrogen-bond donors (Lipinski definition) is 3. The highest BCUT2D eigenvalue weighted by Gasteiger charge is 2.19. The van der Waals surface area contributed by atoms with Crippen LogP contribution in [-0.2, 0) is 0 Å². The summed E-state index contributed by atoms with van der Waals surface area (Å²) in [4.78, 5) is 0. The van der Waals surface area contributed by atoms with E-state index >= 15 is 0 Å². The first kappa shape index (κ1) is 30.9. The molecule has 4 aliphatic rings. The number of dihydropyridines is 2. The Hall–Kier alpha value is -3.56. The van der Waals surface area contributed by atoms with Gasteiger partial charge in [-0.2, -0.15) is 0 Å². The predicted octanol–water partition coefficient (Wildman–Crippen LogP) is 7.19. The van der Waals surface area contributed by atoms with Gasteiger partial charge in [-0.1, -0.05) is 112 Å². The molecule has 0 radical (unpaired) electrons. The monoisotopic (exact) mass is 573 g/mol. The largest absolute Gasteiger partial charge is 0.387 e. The second kappa shape index (κ2) is 15.8. The van der Waals surface area contributed by atoms with Crippen molar-refractivity contribution in [2.45, 2.75) is 78.2 Å². The van der Waals surface area contributed by atoms with Crippen molar-refractivity contribution in [3.05, 3.63) is 130 Å². The van der Waals surface area contributed by atoms with E-state index in [4.69, 9.17) is 0 Å². The van der Waals surface area contributed by atoms with Gasteiger partial charge in [-0.05, 0) is 101 Å². The van der Waals surface area contributed by atoms with E-state index in [1.54, 1.807) is 16.7 Å². The lowest BCUT2D eigenvalue weighted by molar-refractivity contribution is 0.623.